The minimum Gasteiger partial charge on any atom is -0.327 e. The zero-order valence-corrected chi connectivity index (χ0v) is 11.8. The Hall–Kier alpha value is -0.450. The summed E-state index contributed by atoms with van der Waals surface area (Å²) in [6.07, 6.45) is 5.52. The first-order valence-corrected chi connectivity index (χ1v) is 7.23. The molecule has 3 N–H and O–H groups in total. The molecule has 1 aliphatic carbocycles. The minimum absolute atomic E-state index is 0.0561. The third-order valence-electron chi connectivity index (χ3n) is 4.06. The van der Waals surface area contributed by atoms with E-state index in [0.717, 1.165) is 18.0 Å². The van der Waals surface area contributed by atoms with Crippen molar-refractivity contribution in [1.29, 1.82) is 0 Å². The van der Waals surface area contributed by atoms with Gasteiger partial charge in [-0.05, 0) is 32.1 Å². The molecular formula is C13H23N3S. The van der Waals surface area contributed by atoms with Crippen LogP contribution in [0.25, 0.3) is 0 Å². The van der Waals surface area contributed by atoms with Gasteiger partial charge in [-0.3, -0.25) is 0 Å². The Labute approximate surface area is 108 Å². The molecule has 2 atom stereocenters. The fourth-order valence-electron chi connectivity index (χ4n) is 2.51. The van der Waals surface area contributed by atoms with Crippen LogP contribution in [-0.4, -0.2) is 17.6 Å². The van der Waals surface area contributed by atoms with Gasteiger partial charge in [-0.15, -0.1) is 11.3 Å². The van der Waals surface area contributed by atoms with Gasteiger partial charge >= 0.3 is 0 Å². The molecule has 17 heavy (non-hydrogen) atoms. The maximum Gasteiger partial charge on any atom is 0.112 e. The molecule has 1 heterocycles. The van der Waals surface area contributed by atoms with Crippen molar-refractivity contribution in [1.82, 2.24) is 10.3 Å². The van der Waals surface area contributed by atoms with Gasteiger partial charge in [0.2, 0.25) is 0 Å². The molecule has 0 aliphatic heterocycles. The molecule has 1 aromatic heterocycles. The average molecular weight is 253 g/mol. The Balaban J connectivity index is 1.98. The highest BCUT2D eigenvalue weighted by Gasteiger charge is 2.37. The predicted octanol–water partition coefficient (Wildman–Crippen LogP) is 2.49. The number of nitrogens with one attached hydrogen (secondary N) is 1. The summed E-state index contributed by atoms with van der Waals surface area (Å²) in [6, 6.07) is 0.335. The molecule has 0 spiro atoms. The van der Waals surface area contributed by atoms with Crippen LogP contribution in [0, 0.1) is 5.41 Å². The van der Waals surface area contributed by atoms with E-state index in [2.05, 4.69) is 31.1 Å². The van der Waals surface area contributed by atoms with Crippen molar-refractivity contribution in [3.8, 4) is 0 Å². The number of hydrogen-bond acceptors (Lipinski definition) is 4. The topological polar surface area (TPSA) is 50.9 Å². The van der Waals surface area contributed by atoms with Crippen LogP contribution in [0.3, 0.4) is 0 Å². The highest BCUT2D eigenvalue weighted by Crippen LogP contribution is 2.37. The molecule has 1 fully saturated rings. The van der Waals surface area contributed by atoms with Crippen LogP contribution in [0.5, 0.6) is 0 Å². The molecule has 3 nitrogen and oxygen atoms in total. The Kier molecular flexibility index (Phi) is 3.57. The Morgan fingerprint density at radius 2 is 2.41 bits per heavy atom. The van der Waals surface area contributed by atoms with E-state index >= 15 is 0 Å². The minimum atomic E-state index is -0.0561. The third kappa shape index (κ3) is 2.69. The van der Waals surface area contributed by atoms with Gasteiger partial charge in [0.1, 0.15) is 5.01 Å². The molecule has 1 aromatic rings. The zero-order valence-electron chi connectivity index (χ0n) is 11.0. The Morgan fingerprint density at radius 3 is 2.94 bits per heavy atom. The van der Waals surface area contributed by atoms with Crippen LogP contribution in [0.15, 0.2) is 11.6 Å². The van der Waals surface area contributed by atoms with Crippen LogP contribution in [0.1, 0.15) is 45.0 Å². The van der Waals surface area contributed by atoms with Crippen molar-refractivity contribution >= 4 is 11.3 Å². The summed E-state index contributed by atoms with van der Waals surface area (Å²) in [4.78, 5) is 4.40. The predicted molar refractivity (Wildman–Crippen MR) is 73.1 cm³/mol. The molecule has 0 radical (unpaired) electrons. The number of nitrogens with two attached hydrogens (primary N) is 1. The smallest absolute Gasteiger partial charge is 0.112 e. The molecule has 0 amide bonds. The number of nitrogens with zero attached hydrogens (tertiary/aromatic N) is 1. The highest BCUT2D eigenvalue weighted by atomic mass is 32.1. The van der Waals surface area contributed by atoms with Crippen molar-refractivity contribution in [2.45, 2.75) is 51.6 Å². The standard InChI is InChI=1S/C13H23N3S/c1-12(2,11-15-7-8-17-11)16-9-13(3)6-4-5-10(13)14/h7-8,10,16H,4-6,9,14H2,1-3H3. The molecule has 2 rings (SSSR count). The van der Waals surface area contributed by atoms with Gasteiger partial charge in [-0.2, -0.15) is 0 Å². The summed E-state index contributed by atoms with van der Waals surface area (Å²) in [5.74, 6) is 0. The van der Waals surface area contributed by atoms with Gasteiger partial charge in [0.25, 0.3) is 0 Å². The molecule has 96 valence electrons. The number of thiazole rings is 1. The zero-order chi connectivity index (χ0) is 12.5. The fraction of sp³-hybridized carbons (Fsp3) is 0.769. The first-order valence-electron chi connectivity index (χ1n) is 6.35. The van der Waals surface area contributed by atoms with Crippen molar-refractivity contribution in [3.05, 3.63) is 16.6 Å². The Morgan fingerprint density at radius 1 is 1.65 bits per heavy atom. The molecule has 0 bridgehead atoms. The fourth-order valence-corrected chi connectivity index (χ4v) is 3.25. The number of hydrogen-bond donors (Lipinski definition) is 2. The van der Waals surface area contributed by atoms with Crippen LogP contribution >= 0.6 is 11.3 Å². The summed E-state index contributed by atoms with van der Waals surface area (Å²) in [7, 11) is 0. The number of rotatable bonds is 4. The molecule has 0 saturated heterocycles. The van der Waals surface area contributed by atoms with Gasteiger partial charge in [0.15, 0.2) is 0 Å². The molecule has 0 aromatic carbocycles. The monoisotopic (exact) mass is 253 g/mol. The second-order valence-corrected chi connectivity index (χ2v) is 6.86. The van der Waals surface area contributed by atoms with E-state index in [1.807, 2.05) is 11.6 Å². The van der Waals surface area contributed by atoms with E-state index in [-0.39, 0.29) is 11.0 Å². The second kappa shape index (κ2) is 4.67. The van der Waals surface area contributed by atoms with Crippen molar-refractivity contribution < 1.29 is 0 Å². The van der Waals surface area contributed by atoms with Gasteiger partial charge in [0, 0.05) is 24.2 Å². The van der Waals surface area contributed by atoms with Crippen LogP contribution in [0.4, 0.5) is 0 Å². The normalized spacial score (nSPS) is 29.8. The van der Waals surface area contributed by atoms with E-state index < -0.39 is 0 Å². The van der Waals surface area contributed by atoms with Crippen molar-refractivity contribution in [2.24, 2.45) is 11.1 Å². The Bertz CT molecular complexity index is 361. The van der Waals surface area contributed by atoms with E-state index in [4.69, 9.17) is 5.73 Å². The van der Waals surface area contributed by atoms with Gasteiger partial charge < -0.3 is 11.1 Å². The summed E-state index contributed by atoms with van der Waals surface area (Å²) < 4.78 is 0. The van der Waals surface area contributed by atoms with Crippen LogP contribution < -0.4 is 11.1 Å². The van der Waals surface area contributed by atoms with Gasteiger partial charge in [-0.1, -0.05) is 13.3 Å². The van der Waals surface area contributed by atoms with E-state index in [0.29, 0.717) is 6.04 Å². The largest absolute Gasteiger partial charge is 0.327 e. The highest BCUT2D eigenvalue weighted by molar-refractivity contribution is 7.09. The molecule has 4 heteroatoms. The summed E-state index contributed by atoms with van der Waals surface area (Å²) in [5, 5.41) is 6.82. The maximum atomic E-state index is 6.21. The van der Waals surface area contributed by atoms with Crippen molar-refractivity contribution in [2.75, 3.05) is 6.54 Å². The van der Waals surface area contributed by atoms with Crippen LogP contribution in [0.2, 0.25) is 0 Å². The van der Waals surface area contributed by atoms with Gasteiger partial charge in [0.05, 0.1) is 5.54 Å². The lowest BCUT2D eigenvalue weighted by atomic mass is 9.84. The molecule has 1 saturated carbocycles. The SMILES string of the molecule is CC(C)(NCC1(C)CCCC1N)c1nccs1. The maximum absolute atomic E-state index is 6.21. The quantitative estimate of drug-likeness (QED) is 0.867. The lowest BCUT2D eigenvalue weighted by Crippen LogP contribution is -2.48. The first-order chi connectivity index (χ1) is 7.94. The summed E-state index contributed by atoms with van der Waals surface area (Å²) in [6.45, 7) is 7.65. The molecule has 2 unspecified atom stereocenters. The summed E-state index contributed by atoms with van der Waals surface area (Å²) >= 11 is 1.71. The lowest BCUT2D eigenvalue weighted by Gasteiger charge is -2.34. The van der Waals surface area contributed by atoms with E-state index in [1.165, 1.54) is 12.8 Å². The molecule has 1 aliphatic rings. The third-order valence-corrected chi connectivity index (χ3v) is 5.16. The van der Waals surface area contributed by atoms with Crippen LogP contribution in [-0.2, 0) is 5.54 Å². The number of aromatic nitrogens is 1. The van der Waals surface area contributed by atoms with Crippen molar-refractivity contribution in [3.63, 3.8) is 0 Å². The lowest BCUT2D eigenvalue weighted by molar-refractivity contribution is 0.239. The van der Waals surface area contributed by atoms with Gasteiger partial charge in [-0.25, -0.2) is 4.98 Å². The van der Waals surface area contributed by atoms with E-state index in [9.17, 15) is 0 Å². The average Bonchev–Trinajstić information content (AvgIpc) is 2.88. The summed E-state index contributed by atoms with van der Waals surface area (Å²) in [5.41, 5.74) is 6.40. The second-order valence-electron chi connectivity index (χ2n) is 5.97. The first kappa shape index (κ1) is 13.0. The molecular weight excluding hydrogens is 230 g/mol. The van der Waals surface area contributed by atoms with E-state index in [1.54, 1.807) is 11.3 Å².